The van der Waals surface area contributed by atoms with Gasteiger partial charge in [-0.2, -0.15) is 0 Å². The van der Waals surface area contributed by atoms with Crippen molar-refractivity contribution in [3.63, 3.8) is 0 Å². The second-order valence-corrected chi connectivity index (χ2v) is 10.0. The normalized spacial score (nSPS) is 11.2. The first kappa shape index (κ1) is 22.0. The van der Waals surface area contributed by atoms with Gasteiger partial charge in [0.25, 0.3) is 5.91 Å². The molecule has 0 aliphatic rings. The van der Waals surface area contributed by atoms with Gasteiger partial charge in [0.2, 0.25) is 10.0 Å². The van der Waals surface area contributed by atoms with Crippen LogP contribution < -0.4 is 10.0 Å². The van der Waals surface area contributed by atoms with Crippen molar-refractivity contribution in [1.29, 1.82) is 0 Å². The highest BCUT2D eigenvalue weighted by Gasteiger charge is 2.11. The molecule has 9 heteroatoms. The van der Waals surface area contributed by atoms with E-state index >= 15 is 0 Å². The van der Waals surface area contributed by atoms with Crippen LogP contribution in [-0.2, 0) is 10.0 Å². The first-order valence-corrected chi connectivity index (χ1v) is 12.6. The molecule has 4 rings (SSSR count). The van der Waals surface area contributed by atoms with Crippen LogP contribution in [0.15, 0.2) is 78.2 Å². The van der Waals surface area contributed by atoms with E-state index in [1.807, 2.05) is 47.8 Å². The van der Waals surface area contributed by atoms with Gasteiger partial charge in [0.05, 0.1) is 17.0 Å². The zero-order chi connectivity index (χ0) is 22.7. The van der Waals surface area contributed by atoms with E-state index in [-0.39, 0.29) is 5.91 Å². The molecule has 32 heavy (non-hydrogen) atoms. The molecule has 0 saturated carbocycles. The number of halogens is 1. The van der Waals surface area contributed by atoms with Gasteiger partial charge in [-0.3, -0.25) is 9.52 Å². The Kier molecular flexibility index (Phi) is 6.27. The van der Waals surface area contributed by atoms with Crippen LogP contribution in [0.3, 0.4) is 0 Å². The van der Waals surface area contributed by atoms with E-state index < -0.39 is 10.0 Å². The van der Waals surface area contributed by atoms with Gasteiger partial charge in [-0.25, -0.2) is 13.4 Å². The minimum absolute atomic E-state index is 0.303. The first-order valence-electron chi connectivity index (χ1n) is 9.48. The van der Waals surface area contributed by atoms with E-state index in [4.69, 9.17) is 16.6 Å². The van der Waals surface area contributed by atoms with Crippen LogP contribution in [0.5, 0.6) is 0 Å². The van der Waals surface area contributed by atoms with Gasteiger partial charge in [0.15, 0.2) is 0 Å². The number of thiazole rings is 1. The SMILES string of the molecule is CS(=O)(=O)Nc1ccc(C(=O)Nc2cccc(-c3csc(-c4ccccc4Cl)n3)c2)cc1. The molecule has 0 saturated heterocycles. The highest BCUT2D eigenvalue weighted by Crippen LogP contribution is 2.33. The van der Waals surface area contributed by atoms with Crippen LogP contribution in [0.25, 0.3) is 21.8 Å². The molecule has 0 bridgehead atoms. The van der Waals surface area contributed by atoms with E-state index in [1.165, 1.54) is 23.5 Å². The Labute approximate surface area is 195 Å². The number of hydrogen-bond acceptors (Lipinski definition) is 5. The summed E-state index contributed by atoms with van der Waals surface area (Å²) < 4.78 is 25.0. The fourth-order valence-electron chi connectivity index (χ4n) is 3.03. The lowest BCUT2D eigenvalue weighted by molar-refractivity contribution is 0.102. The smallest absolute Gasteiger partial charge is 0.255 e. The molecule has 0 radical (unpaired) electrons. The second-order valence-electron chi connectivity index (χ2n) is 7.00. The van der Waals surface area contributed by atoms with Gasteiger partial charge < -0.3 is 5.32 Å². The lowest BCUT2D eigenvalue weighted by Crippen LogP contribution is -2.13. The number of nitrogens with one attached hydrogen (secondary N) is 2. The molecule has 3 aromatic carbocycles. The maximum absolute atomic E-state index is 12.6. The monoisotopic (exact) mass is 483 g/mol. The van der Waals surface area contributed by atoms with E-state index in [0.29, 0.717) is 22.0 Å². The summed E-state index contributed by atoms with van der Waals surface area (Å²) in [6.07, 6.45) is 1.07. The Morgan fingerprint density at radius 3 is 2.44 bits per heavy atom. The molecular formula is C23H18ClN3O3S2. The van der Waals surface area contributed by atoms with Crippen molar-refractivity contribution < 1.29 is 13.2 Å². The summed E-state index contributed by atoms with van der Waals surface area (Å²) in [6, 6.07) is 21.2. The Bertz CT molecular complexity index is 1380. The van der Waals surface area contributed by atoms with E-state index in [1.54, 1.807) is 18.2 Å². The Morgan fingerprint density at radius 1 is 0.969 bits per heavy atom. The van der Waals surface area contributed by atoms with Crippen molar-refractivity contribution in [3.05, 3.63) is 88.8 Å². The molecule has 0 aliphatic carbocycles. The van der Waals surface area contributed by atoms with Crippen LogP contribution in [-0.4, -0.2) is 25.6 Å². The molecule has 0 fully saturated rings. The Hall–Kier alpha value is -3.20. The standard InChI is InChI=1S/C23H18ClN3O3S2/c1-32(29,30)27-17-11-9-15(10-12-17)22(28)25-18-6-4-5-16(13-18)21-14-31-23(26-21)19-7-2-3-8-20(19)24/h2-14,27H,1H3,(H,25,28). The number of aromatic nitrogens is 1. The van der Waals surface area contributed by atoms with Gasteiger partial charge in [-0.1, -0.05) is 41.9 Å². The topological polar surface area (TPSA) is 88.2 Å². The van der Waals surface area contributed by atoms with Crippen LogP contribution in [0.2, 0.25) is 5.02 Å². The molecule has 0 atom stereocenters. The second kappa shape index (κ2) is 9.12. The number of carbonyl (C=O) groups is 1. The number of rotatable bonds is 6. The summed E-state index contributed by atoms with van der Waals surface area (Å²) in [5, 5.41) is 6.28. The maximum atomic E-state index is 12.6. The lowest BCUT2D eigenvalue weighted by Gasteiger charge is -2.08. The first-order chi connectivity index (χ1) is 15.3. The number of hydrogen-bond donors (Lipinski definition) is 2. The Morgan fingerprint density at radius 2 is 1.72 bits per heavy atom. The average molecular weight is 484 g/mol. The van der Waals surface area contributed by atoms with Gasteiger partial charge in [0.1, 0.15) is 5.01 Å². The molecule has 1 aromatic heterocycles. The van der Waals surface area contributed by atoms with E-state index in [2.05, 4.69) is 10.0 Å². The van der Waals surface area contributed by atoms with Crippen molar-refractivity contribution in [2.45, 2.75) is 0 Å². The third kappa shape index (κ3) is 5.34. The average Bonchev–Trinajstić information content (AvgIpc) is 3.24. The zero-order valence-electron chi connectivity index (χ0n) is 16.9. The van der Waals surface area contributed by atoms with Crippen molar-refractivity contribution in [2.24, 2.45) is 0 Å². The summed E-state index contributed by atoms with van der Waals surface area (Å²) >= 11 is 7.78. The molecule has 0 unspecified atom stereocenters. The number of nitrogens with zero attached hydrogens (tertiary/aromatic N) is 1. The summed E-state index contributed by atoms with van der Waals surface area (Å²) in [5.41, 5.74) is 3.96. The third-order valence-corrected chi connectivity index (χ3v) is 6.29. The molecule has 2 N–H and O–H groups in total. The fourth-order valence-corrected chi connectivity index (χ4v) is 4.74. The van der Waals surface area contributed by atoms with Gasteiger partial charge in [-0.15, -0.1) is 11.3 Å². The van der Waals surface area contributed by atoms with Gasteiger partial charge >= 0.3 is 0 Å². The molecule has 0 aliphatic heterocycles. The summed E-state index contributed by atoms with van der Waals surface area (Å²) in [7, 11) is -3.37. The maximum Gasteiger partial charge on any atom is 0.255 e. The summed E-state index contributed by atoms with van der Waals surface area (Å²) in [5.74, 6) is -0.303. The number of carbonyl (C=O) groups excluding carboxylic acids is 1. The number of amides is 1. The fraction of sp³-hybridized carbons (Fsp3) is 0.0435. The van der Waals surface area contributed by atoms with Crippen LogP contribution >= 0.6 is 22.9 Å². The number of benzene rings is 3. The highest BCUT2D eigenvalue weighted by atomic mass is 35.5. The van der Waals surface area contributed by atoms with Crippen LogP contribution in [0.4, 0.5) is 11.4 Å². The summed E-state index contributed by atoms with van der Waals surface area (Å²) in [6.45, 7) is 0. The van der Waals surface area contributed by atoms with Crippen molar-refractivity contribution in [2.75, 3.05) is 16.3 Å². The minimum atomic E-state index is -3.37. The largest absolute Gasteiger partial charge is 0.322 e. The lowest BCUT2D eigenvalue weighted by atomic mass is 10.1. The highest BCUT2D eigenvalue weighted by molar-refractivity contribution is 7.92. The van der Waals surface area contributed by atoms with Crippen molar-refractivity contribution in [1.82, 2.24) is 4.98 Å². The Balaban J connectivity index is 1.50. The van der Waals surface area contributed by atoms with Crippen molar-refractivity contribution in [3.8, 4) is 21.8 Å². The molecule has 162 valence electrons. The molecule has 6 nitrogen and oxygen atoms in total. The predicted octanol–water partition coefficient (Wildman–Crippen LogP) is 5.75. The molecule has 1 heterocycles. The molecule has 4 aromatic rings. The van der Waals surface area contributed by atoms with E-state index in [9.17, 15) is 13.2 Å². The molecule has 1 amide bonds. The minimum Gasteiger partial charge on any atom is -0.322 e. The van der Waals surface area contributed by atoms with Crippen molar-refractivity contribution >= 4 is 50.2 Å². The van der Waals surface area contributed by atoms with Gasteiger partial charge in [-0.05, 0) is 42.5 Å². The number of sulfonamides is 1. The van der Waals surface area contributed by atoms with Crippen LogP contribution in [0, 0.1) is 0 Å². The molecular weight excluding hydrogens is 466 g/mol. The van der Waals surface area contributed by atoms with Crippen LogP contribution in [0.1, 0.15) is 10.4 Å². The van der Waals surface area contributed by atoms with Gasteiger partial charge in [0, 0.05) is 33.4 Å². The van der Waals surface area contributed by atoms with E-state index in [0.717, 1.165) is 28.1 Å². The third-order valence-electron chi connectivity index (χ3n) is 4.47. The molecule has 0 spiro atoms. The predicted molar refractivity (Wildman–Crippen MR) is 131 cm³/mol. The summed E-state index contributed by atoms with van der Waals surface area (Å²) in [4.78, 5) is 17.3. The number of anilines is 2. The zero-order valence-corrected chi connectivity index (χ0v) is 19.3. The quantitative estimate of drug-likeness (QED) is 0.365.